The maximum atomic E-state index is 10.1. The van der Waals surface area contributed by atoms with Gasteiger partial charge in [0.1, 0.15) is 0 Å². The average molecular weight is 291 g/mol. The molecule has 3 nitrogen and oxygen atoms in total. The molecule has 0 aliphatic heterocycles. The summed E-state index contributed by atoms with van der Waals surface area (Å²) in [5, 5.41) is 13.4. The van der Waals surface area contributed by atoms with Crippen molar-refractivity contribution in [1.29, 1.82) is 0 Å². The van der Waals surface area contributed by atoms with E-state index in [1.807, 2.05) is 0 Å². The summed E-state index contributed by atoms with van der Waals surface area (Å²) in [5.41, 5.74) is 3.54. The second-order valence-corrected chi connectivity index (χ2v) is 6.64. The first-order valence-corrected chi connectivity index (χ1v) is 8.15. The maximum Gasteiger partial charge on any atom is 0.0945 e. The predicted octanol–water partition coefficient (Wildman–Crippen LogP) is 3.67. The minimum atomic E-state index is -0.456. The molecule has 3 atom stereocenters. The fourth-order valence-corrected chi connectivity index (χ4v) is 3.15. The molecule has 21 heavy (non-hydrogen) atoms. The van der Waals surface area contributed by atoms with E-state index < -0.39 is 6.10 Å². The van der Waals surface area contributed by atoms with Gasteiger partial charge in [0.15, 0.2) is 0 Å². The van der Waals surface area contributed by atoms with Gasteiger partial charge < -0.3 is 15.2 Å². The zero-order chi connectivity index (χ0) is 15.2. The number of anilines is 1. The first kappa shape index (κ1) is 16.3. The molecule has 0 heterocycles. The van der Waals surface area contributed by atoms with Crippen molar-refractivity contribution in [3.05, 3.63) is 29.3 Å². The van der Waals surface area contributed by atoms with Crippen molar-refractivity contribution >= 4 is 5.69 Å². The molecule has 2 N–H and O–H groups in total. The zero-order valence-electron chi connectivity index (χ0n) is 13.6. The molecule has 0 saturated heterocycles. The molecule has 0 radical (unpaired) electrons. The number of hydrogen-bond acceptors (Lipinski definition) is 3. The van der Waals surface area contributed by atoms with Crippen molar-refractivity contribution in [3.8, 4) is 0 Å². The number of rotatable bonds is 6. The molecule has 2 rings (SSSR count). The van der Waals surface area contributed by atoms with Crippen molar-refractivity contribution in [1.82, 2.24) is 0 Å². The second kappa shape index (κ2) is 7.81. The van der Waals surface area contributed by atoms with Crippen molar-refractivity contribution in [2.24, 2.45) is 5.92 Å². The van der Waals surface area contributed by atoms with E-state index >= 15 is 0 Å². The van der Waals surface area contributed by atoms with Crippen LogP contribution in [0.4, 0.5) is 5.69 Å². The largest absolute Gasteiger partial charge is 0.389 e. The van der Waals surface area contributed by atoms with E-state index in [9.17, 15) is 5.11 Å². The van der Waals surface area contributed by atoms with Gasteiger partial charge in [-0.1, -0.05) is 25.8 Å². The standard InChI is InChI=1S/C18H29NO2/c1-13-5-4-6-18(10-13)21-12-17(20)11-19-16-8-14(2)7-15(3)9-16/h7-9,13,17-20H,4-6,10-12H2,1-3H3. The number of nitrogens with one attached hydrogen (secondary N) is 1. The van der Waals surface area contributed by atoms with Gasteiger partial charge in [0.05, 0.1) is 18.8 Å². The molecule has 1 aromatic rings. The van der Waals surface area contributed by atoms with E-state index in [0.29, 0.717) is 19.3 Å². The summed E-state index contributed by atoms with van der Waals surface area (Å²) in [6.45, 7) is 7.41. The molecule has 1 aromatic carbocycles. The quantitative estimate of drug-likeness (QED) is 0.840. The predicted molar refractivity (Wildman–Crippen MR) is 87.8 cm³/mol. The molecule has 118 valence electrons. The van der Waals surface area contributed by atoms with Crippen LogP contribution in [-0.4, -0.2) is 30.5 Å². The summed E-state index contributed by atoms with van der Waals surface area (Å²) >= 11 is 0. The third kappa shape index (κ3) is 5.68. The van der Waals surface area contributed by atoms with Crippen LogP contribution in [0.1, 0.15) is 43.7 Å². The molecular weight excluding hydrogens is 262 g/mol. The Bertz CT molecular complexity index is 427. The van der Waals surface area contributed by atoms with Crippen LogP contribution in [0.15, 0.2) is 18.2 Å². The molecule has 0 spiro atoms. The summed E-state index contributed by atoms with van der Waals surface area (Å²) in [4.78, 5) is 0. The van der Waals surface area contributed by atoms with E-state index in [1.165, 1.54) is 24.0 Å². The van der Waals surface area contributed by atoms with E-state index in [4.69, 9.17) is 4.74 Å². The van der Waals surface area contributed by atoms with E-state index in [0.717, 1.165) is 24.4 Å². The normalized spacial score (nSPS) is 23.8. The fourth-order valence-electron chi connectivity index (χ4n) is 3.15. The van der Waals surface area contributed by atoms with Gasteiger partial charge in [0.25, 0.3) is 0 Å². The van der Waals surface area contributed by atoms with Crippen LogP contribution in [-0.2, 0) is 4.74 Å². The number of aliphatic hydroxyl groups excluding tert-OH is 1. The number of aryl methyl sites for hydroxylation is 2. The Morgan fingerprint density at radius 2 is 1.95 bits per heavy atom. The molecule has 0 aromatic heterocycles. The van der Waals surface area contributed by atoms with E-state index in [2.05, 4.69) is 44.3 Å². The summed E-state index contributed by atoms with van der Waals surface area (Å²) in [7, 11) is 0. The zero-order valence-corrected chi connectivity index (χ0v) is 13.6. The second-order valence-electron chi connectivity index (χ2n) is 6.64. The smallest absolute Gasteiger partial charge is 0.0945 e. The number of aliphatic hydroxyl groups is 1. The lowest BCUT2D eigenvalue weighted by molar-refractivity contribution is -0.0274. The van der Waals surface area contributed by atoms with Crippen LogP contribution in [0.5, 0.6) is 0 Å². The first-order chi connectivity index (χ1) is 10.0. The molecule has 3 heteroatoms. The molecular formula is C18H29NO2. The molecule has 0 bridgehead atoms. The molecule has 0 amide bonds. The topological polar surface area (TPSA) is 41.5 Å². The lowest BCUT2D eigenvalue weighted by atomic mass is 9.89. The Morgan fingerprint density at radius 3 is 2.62 bits per heavy atom. The van der Waals surface area contributed by atoms with Gasteiger partial charge in [-0.15, -0.1) is 0 Å². The van der Waals surface area contributed by atoms with Gasteiger partial charge in [-0.3, -0.25) is 0 Å². The van der Waals surface area contributed by atoms with Crippen molar-refractivity contribution in [3.63, 3.8) is 0 Å². The SMILES string of the molecule is Cc1cc(C)cc(NCC(O)COC2CCCC(C)C2)c1. The Balaban J connectivity index is 1.70. The number of ether oxygens (including phenoxy) is 1. The van der Waals surface area contributed by atoms with Crippen LogP contribution >= 0.6 is 0 Å². The highest BCUT2D eigenvalue weighted by Gasteiger charge is 2.20. The van der Waals surface area contributed by atoms with Crippen LogP contribution in [0.3, 0.4) is 0 Å². The highest BCUT2D eigenvalue weighted by molar-refractivity contribution is 5.48. The number of hydrogen-bond donors (Lipinski definition) is 2. The van der Waals surface area contributed by atoms with E-state index in [1.54, 1.807) is 0 Å². The summed E-state index contributed by atoms with van der Waals surface area (Å²) in [6, 6.07) is 6.35. The lowest BCUT2D eigenvalue weighted by Gasteiger charge is -2.27. The summed E-state index contributed by atoms with van der Waals surface area (Å²) in [5.74, 6) is 0.759. The Morgan fingerprint density at radius 1 is 1.24 bits per heavy atom. The molecule has 1 saturated carbocycles. The van der Waals surface area contributed by atoms with Crippen molar-refractivity contribution in [2.75, 3.05) is 18.5 Å². The van der Waals surface area contributed by atoms with Gasteiger partial charge in [-0.2, -0.15) is 0 Å². The van der Waals surface area contributed by atoms with Crippen LogP contribution in [0.25, 0.3) is 0 Å². The molecule has 1 fully saturated rings. The van der Waals surface area contributed by atoms with Gasteiger partial charge >= 0.3 is 0 Å². The third-order valence-electron chi connectivity index (χ3n) is 4.18. The molecule has 1 aliphatic carbocycles. The van der Waals surface area contributed by atoms with Gasteiger partial charge in [0.2, 0.25) is 0 Å². The Kier molecular flexibility index (Phi) is 6.07. The van der Waals surface area contributed by atoms with Crippen molar-refractivity contribution < 1.29 is 9.84 Å². The average Bonchev–Trinajstić information content (AvgIpc) is 2.42. The maximum absolute atomic E-state index is 10.1. The van der Waals surface area contributed by atoms with E-state index in [-0.39, 0.29) is 0 Å². The highest BCUT2D eigenvalue weighted by atomic mass is 16.5. The Labute approximate surface area is 128 Å². The number of benzene rings is 1. The minimum absolute atomic E-state index is 0.338. The van der Waals surface area contributed by atoms with Crippen LogP contribution in [0.2, 0.25) is 0 Å². The first-order valence-electron chi connectivity index (χ1n) is 8.15. The summed E-state index contributed by atoms with van der Waals surface area (Å²) in [6.07, 6.45) is 4.73. The van der Waals surface area contributed by atoms with Gasteiger partial charge in [-0.25, -0.2) is 0 Å². The highest BCUT2D eigenvalue weighted by Crippen LogP contribution is 2.25. The Hall–Kier alpha value is -1.06. The van der Waals surface area contributed by atoms with Crippen LogP contribution in [0, 0.1) is 19.8 Å². The van der Waals surface area contributed by atoms with Gasteiger partial charge in [-0.05, 0) is 55.9 Å². The summed E-state index contributed by atoms with van der Waals surface area (Å²) < 4.78 is 5.86. The lowest BCUT2D eigenvalue weighted by Crippen LogP contribution is -2.30. The van der Waals surface area contributed by atoms with Gasteiger partial charge in [0, 0.05) is 12.2 Å². The fraction of sp³-hybridized carbons (Fsp3) is 0.667. The monoisotopic (exact) mass is 291 g/mol. The molecule has 3 unspecified atom stereocenters. The molecule has 1 aliphatic rings. The third-order valence-corrected chi connectivity index (χ3v) is 4.18. The minimum Gasteiger partial charge on any atom is -0.389 e. The van der Waals surface area contributed by atoms with Crippen LogP contribution < -0.4 is 5.32 Å². The van der Waals surface area contributed by atoms with Crippen molar-refractivity contribution in [2.45, 2.75) is 58.7 Å².